The van der Waals surface area contributed by atoms with Crippen molar-refractivity contribution < 1.29 is 48.7 Å². The quantitative estimate of drug-likeness (QED) is 0.240. The lowest BCUT2D eigenvalue weighted by atomic mass is 10.1. The van der Waals surface area contributed by atoms with E-state index in [0.29, 0.717) is 13.8 Å². The summed E-state index contributed by atoms with van der Waals surface area (Å²) in [6.45, 7) is 1.09. The molecule has 1 aliphatic rings. The molecule has 0 N–H and O–H groups in total. The zero-order chi connectivity index (χ0) is 30.9. The molecule has 226 valence electrons. The van der Waals surface area contributed by atoms with Crippen molar-refractivity contribution in [2.45, 2.75) is 54.4 Å². The second-order valence-electron chi connectivity index (χ2n) is 10.1. The predicted molar refractivity (Wildman–Crippen MR) is 145 cm³/mol. The van der Waals surface area contributed by atoms with Crippen LogP contribution in [0.5, 0.6) is 5.75 Å². The van der Waals surface area contributed by atoms with Gasteiger partial charge < -0.3 is 9.47 Å². The molecule has 0 spiro atoms. The summed E-state index contributed by atoms with van der Waals surface area (Å²) in [4.78, 5) is 12.2. The molecule has 0 bridgehead atoms. The van der Waals surface area contributed by atoms with E-state index in [0.717, 1.165) is 28.6 Å². The second kappa shape index (κ2) is 11.6. The monoisotopic (exact) mass is 629 g/mol. The number of ether oxygens (including phenoxy) is 2. The van der Waals surface area contributed by atoms with Crippen LogP contribution in [-0.2, 0) is 35.8 Å². The lowest BCUT2D eigenvalue weighted by molar-refractivity contribution is -0.257. The first-order chi connectivity index (χ1) is 19.5. The maximum Gasteiger partial charge on any atom is 0.427 e. The van der Waals surface area contributed by atoms with E-state index in [1.807, 2.05) is 0 Å². The Morgan fingerprint density at radius 2 is 1.60 bits per heavy atom. The number of anilines is 1. The number of nitrogens with zero attached hydrogens (tertiary/aromatic N) is 1. The fourth-order valence-corrected chi connectivity index (χ4v) is 7.04. The number of halogens is 4. The van der Waals surface area contributed by atoms with E-state index in [1.54, 1.807) is 18.2 Å². The number of fused-ring (bicyclic) bond motifs is 1. The third-order valence-corrected chi connectivity index (χ3v) is 10.1. The standard InChI is InChI=1S/C28H27F4NO7S2/c1-27(2,28(30,31)32)40-26(34)17-19-8-13-25-24(16-19)33(42(37,38)23-11-9-20(29)10-12-23)18-21(39-25)14-15-41(35,36)22-6-4-3-5-7-22/h3-13,16,21H,14-15,17-18H2,1-2H3/t21-/m0/s1. The molecule has 3 aromatic rings. The average Bonchev–Trinajstić information content (AvgIpc) is 2.91. The van der Waals surface area contributed by atoms with Crippen LogP contribution in [0.4, 0.5) is 23.2 Å². The number of carbonyl (C=O) groups excluding carboxylic acids is 1. The first kappa shape index (κ1) is 31.3. The van der Waals surface area contributed by atoms with Gasteiger partial charge in [0.05, 0.1) is 34.2 Å². The molecule has 0 aromatic heterocycles. The van der Waals surface area contributed by atoms with E-state index in [1.165, 1.54) is 30.3 Å². The highest BCUT2D eigenvalue weighted by molar-refractivity contribution is 7.93. The van der Waals surface area contributed by atoms with Crippen molar-refractivity contribution >= 4 is 31.5 Å². The molecular weight excluding hydrogens is 602 g/mol. The van der Waals surface area contributed by atoms with Gasteiger partial charge in [0.1, 0.15) is 17.7 Å². The fourth-order valence-electron chi connectivity index (χ4n) is 4.16. The van der Waals surface area contributed by atoms with E-state index < -0.39 is 55.9 Å². The summed E-state index contributed by atoms with van der Waals surface area (Å²) >= 11 is 0. The molecule has 0 fully saturated rings. The Hall–Kier alpha value is -3.65. The highest BCUT2D eigenvalue weighted by Gasteiger charge is 2.50. The molecule has 42 heavy (non-hydrogen) atoms. The molecule has 0 saturated heterocycles. The van der Waals surface area contributed by atoms with Gasteiger partial charge in [0.15, 0.2) is 9.84 Å². The van der Waals surface area contributed by atoms with Crippen molar-refractivity contribution in [1.82, 2.24) is 0 Å². The van der Waals surface area contributed by atoms with E-state index in [4.69, 9.17) is 4.74 Å². The number of hydrogen-bond donors (Lipinski definition) is 0. The Labute approximate surface area is 240 Å². The summed E-state index contributed by atoms with van der Waals surface area (Å²) in [7, 11) is -8.07. The van der Waals surface area contributed by atoms with Gasteiger partial charge >= 0.3 is 12.1 Å². The van der Waals surface area contributed by atoms with Crippen LogP contribution >= 0.6 is 0 Å². The molecular formula is C28H27F4NO7S2. The molecule has 0 saturated carbocycles. The number of rotatable bonds is 9. The SMILES string of the molecule is CC(C)(OC(=O)Cc1ccc2c(c1)N(S(=O)(=O)c1ccc(F)cc1)C[C@H](CCS(=O)(=O)c1ccccc1)O2)C(F)(F)F. The van der Waals surface area contributed by atoms with Gasteiger partial charge in [-0.15, -0.1) is 0 Å². The highest BCUT2D eigenvalue weighted by atomic mass is 32.2. The molecule has 1 heterocycles. The van der Waals surface area contributed by atoms with Gasteiger partial charge in [0.25, 0.3) is 10.0 Å². The van der Waals surface area contributed by atoms with Gasteiger partial charge in [-0.2, -0.15) is 13.2 Å². The largest absolute Gasteiger partial charge is 0.486 e. The number of hydrogen-bond acceptors (Lipinski definition) is 7. The maximum absolute atomic E-state index is 13.7. The van der Waals surface area contributed by atoms with Crippen molar-refractivity contribution in [1.29, 1.82) is 0 Å². The molecule has 0 radical (unpaired) electrons. The van der Waals surface area contributed by atoms with E-state index in [9.17, 15) is 39.2 Å². The van der Waals surface area contributed by atoms with Gasteiger partial charge in [-0.25, -0.2) is 21.2 Å². The van der Waals surface area contributed by atoms with Crippen LogP contribution < -0.4 is 9.04 Å². The first-order valence-corrected chi connectivity index (χ1v) is 15.7. The smallest absolute Gasteiger partial charge is 0.427 e. The van der Waals surface area contributed by atoms with Crippen molar-refractivity contribution in [3.63, 3.8) is 0 Å². The molecule has 14 heteroatoms. The van der Waals surface area contributed by atoms with Crippen LogP contribution in [-0.4, -0.2) is 53.0 Å². The van der Waals surface area contributed by atoms with Crippen LogP contribution in [0.15, 0.2) is 82.6 Å². The third kappa shape index (κ3) is 6.86. The molecule has 0 aliphatic carbocycles. The molecule has 8 nitrogen and oxygen atoms in total. The van der Waals surface area contributed by atoms with Gasteiger partial charge in [-0.05, 0) is 67.9 Å². The van der Waals surface area contributed by atoms with Crippen LogP contribution in [0.25, 0.3) is 0 Å². The molecule has 3 aromatic carbocycles. The number of esters is 1. The minimum Gasteiger partial charge on any atom is -0.486 e. The lowest BCUT2D eigenvalue weighted by Crippen LogP contribution is -2.44. The maximum atomic E-state index is 13.7. The van der Waals surface area contributed by atoms with E-state index in [2.05, 4.69) is 4.74 Å². The van der Waals surface area contributed by atoms with Crippen molar-refractivity contribution in [3.05, 3.63) is 84.2 Å². The summed E-state index contributed by atoms with van der Waals surface area (Å²) in [5.41, 5.74) is -2.63. The van der Waals surface area contributed by atoms with Crippen molar-refractivity contribution in [2.24, 2.45) is 0 Å². The van der Waals surface area contributed by atoms with Crippen LogP contribution in [0.3, 0.4) is 0 Å². The molecule has 0 unspecified atom stereocenters. The fraction of sp³-hybridized carbons (Fsp3) is 0.321. The average molecular weight is 630 g/mol. The minimum atomic E-state index is -4.81. The highest BCUT2D eigenvalue weighted by Crippen LogP contribution is 2.39. The number of sulfonamides is 1. The Morgan fingerprint density at radius 3 is 2.21 bits per heavy atom. The second-order valence-corrected chi connectivity index (χ2v) is 14.1. The zero-order valence-corrected chi connectivity index (χ0v) is 24.1. The Morgan fingerprint density at radius 1 is 0.952 bits per heavy atom. The summed E-state index contributed by atoms with van der Waals surface area (Å²) in [5, 5.41) is 0. The van der Waals surface area contributed by atoms with Crippen molar-refractivity contribution in [3.8, 4) is 5.75 Å². The summed E-state index contributed by atoms with van der Waals surface area (Å²) < 4.78 is 118. The minimum absolute atomic E-state index is 0.0260. The number of sulfone groups is 1. The van der Waals surface area contributed by atoms with Gasteiger partial charge in [0, 0.05) is 6.42 Å². The normalized spacial score (nSPS) is 16.0. The van der Waals surface area contributed by atoms with Gasteiger partial charge in [0.2, 0.25) is 5.60 Å². The van der Waals surface area contributed by atoms with Crippen LogP contribution in [0.2, 0.25) is 0 Å². The first-order valence-electron chi connectivity index (χ1n) is 12.6. The Kier molecular flexibility index (Phi) is 8.61. The summed E-state index contributed by atoms with van der Waals surface area (Å²) in [6.07, 6.45) is -6.40. The zero-order valence-electron chi connectivity index (χ0n) is 22.5. The third-order valence-electron chi connectivity index (χ3n) is 6.57. The lowest BCUT2D eigenvalue weighted by Gasteiger charge is -2.36. The molecule has 1 aliphatic heterocycles. The number of benzene rings is 3. The van der Waals surface area contributed by atoms with E-state index >= 15 is 0 Å². The van der Waals surface area contributed by atoms with Crippen LogP contribution in [0, 0.1) is 5.82 Å². The molecule has 4 rings (SSSR count). The molecule has 0 amide bonds. The van der Waals surface area contributed by atoms with Crippen molar-refractivity contribution in [2.75, 3.05) is 16.6 Å². The Bertz CT molecular complexity index is 1660. The molecule has 1 atom stereocenters. The van der Waals surface area contributed by atoms with Gasteiger partial charge in [-0.1, -0.05) is 24.3 Å². The van der Waals surface area contributed by atoms with Gasteiger partial charge in [-0.3, -0.25) is 9.10 Å². The number of carbonyl (C=O) groups is 1. The van der Waals surface area contributed by atoms with E-state index in [-0.39, 0.29) is 45.5 Å². The summed E-state index contributed by atoms with van der Waals surface area (Å²) in [5.74, 6) is -2.16. The Balaban J connectivity index is 1.64. The number of alkyl halides is 3. The predicted octanol–water partition coefficient (Wildman–Crippen LogP) is 5.07. The summed E-state index contributed by atoms with van der Waals surface area (Å²) in [6, 6.07) is 15.8. The van der Waals surface area contributed by atoms with Crippen LogP contribution in [0.1, 0.15) is 25.8 Å². The topological polar surface area (TPSA) is 107 Å².